The molecule has 1 rings (SSSR count). The van der Waals surface area contributed by atoms with E-state index < -0.39 is 0 Å². The number of nitrogens with two attached hydrogens (primary N) is 1. The maximum absolute atomic E-state index is 6.05. The van der Waals surface area contributed by atoms with Crippen molar-refractivity contribution in [2.75, 3.05) is 13.2 Å². The highest BCUT2D eigenvalue weighted by molar-refractivity contribution is 6.31. The monoisotopic (exact) mass is 255 g/mol. The number of aryl methyl sites for hydroxylation is 1. The molecule has 0 atom stereocenters. The summed E-state index contributed by atoms with van der Waals surface area (Å²) in [5, 5.41) is 0.822. The number of benzene rings is 1. The van der Waals surface area contributed by atoms with Crippen LogP contribution in [0.25, 0.3) is 0 Å². The lowest BCUT2D eigenvalue weighted by atomic mass is 10.1. The number of rotatable bonds is 8. The predicted octanol–water partition coefficient (Wildman–Crippen LogP) is 3.80. The van der Waals surface area contributed by atoms with Gasteiger partial charge in [0.1, 0.15) is 5.75 Å². The highest BCUT2D eigenvalue weighted by atomic mass is 35.5. The number of hydrogen-bond acceptors (Lipinski definition) is 2. The minimum absolute atomic E-state index is 0.773. The number of unbranched alkanes of at least 4 members (excludes halogenated alkanes) is 3. The molecule has 0 aliphatic carbocycles. The summed E-state index contributed by atoms with van der Waals surface area (Å²) in [4.78, 5) is 0. The van der Waals surface area contributed by atoms with Gasteiger partial charge in [0, 0.05) is 5.02 Å². The fraction of sp³-hybridized carbons (Fsp3) is 0.571. The first-order chi connectivity index (χ1) is 8.27. The van der Waals surface area contributed by atoms with Gasteiger partial charge in [-0.25, -0.2) is 0 Å². The molecule has 0 aromatic heterocycles. The first kappa shape index (κ1) is 14.3. The van der Waals surface area contributed by atoms with Crippen molar-refractivity contribution >= 4 is 11.6 Å². The molecule has 0 aliphatic heterocycles. The molecule has 0 spiro atoms. The lowest BCUT2D eigenvalue weighted by Crippen LogP contribution is -2.00. The molecule has 96 valence electrons. The highest BCUT2D eigenvalue weighted by Gasteiger charge is 2.00. The molecule has 17 heavy (non-hydrogen) atoms. The van der Waals surface area contributed by atoms with Crippen LogP contribution in [0.15, 0.2) is 18.2 Å². The molecule has 0 aliphatic rings. The first-order valence-electron chi connectivity index (χ1n) is 6.39. The van der Waals surface area contributed by atoms with E-state index in [2.05, 4.69) is 6.92 Å². The molecular weight excluding hydrogens is 234 g/mol. The Morgan fingerprint density at radius 1 is 1.18 bits per heavy atom. The Morgan fingerprint density at radius 2 is 1.94 bits per heavy atom. The minimum Gasteiger partial charge on any atom is -0.494 e. The molecular formula is C14H22ClNO. The molecule has 2 N–H and O–H groups in total. The molecule has 0 radical (unpaired) electrons. The molecule has 0 saturated carbocycles. The van der Waals surface area contributed by atoms with Gasteiger partial charge in [0.15, 0.2) is 0 Å². The molecule has 0 saturated heterocycles. The number of hydrogen-bond donors (Lipinski definition) is 1. The van der Waals surface area contributed by atoms with Gasteiger partial charge in [-0.2, -0.15) is 0 Å². The van der Waals surface area contributed by atoms with Crippen LogP contribution < -0.4 is 10.5 Å². The second kappa shape index (κ2) is 8.37. The van der Waals surface area contributed by atoms with Gasteiger partial charge in [0.25, 0.3) is 0 Å². The summed E-state index contributed by atoms with van der Waals surface area (Å²) in [5.41, 5.74) is 6.58. The van der Waals surface area contributed by atoms with E-state index in [1.54, 1.807) is 0 Å². The average Bonchev–Trinajstić information content (AvgIpc) is 2.35. The molecule has 0 heterocycles. The van der Waals surface area contributed by atoms with Crippen molar-refractivity contribution in [3.8, 4) is 5.75 Å². The maximum atomic E-state index is 6.05. The van der Waals surface area contributed by atoms with E-state index in [-0.39, 0.29) is 0 Å². The summed E-state index contributed by atoms with van der Waals surface area (Å²) < 4.78 is 5.69. The van der Waals surface area contributed by atoms with Crippen LogP contribution in [-0.2, 0) is 6.42 Å². The summed E-state index contributed by atoms with van der Waals surface area (Å²) in [5.74, 6) is 0.921. The van der Waals surface area contributed by atoms with E-state index in [1.165, 1.54) is 12.8 Å². The lowest BCUT2D eigenvalue weighted by molar-refractivity contribution is 0.304. The molecule has 0 amide bonds. The smallest absolute Gasteiger partial charge is 0.119 e. The first-order valence-corrected chi connectivity index (χ1v) is 6.77. The van der Waals surface area contributed by atoms with Gasteiger partial charge in [-0.05, 0) is 49.6 Å². The summed E-state index contributed by atoms with van der Waals surface area (Å²) in [7, 11) is 0. The van der Waals surface area contributed by atoms with E-state index in [1.807, 2.05) is 18.2 Å². The van der Waals surface area contributed by atoms with Crippen molar-refractivity contribution in [3.05, 3.63) is 28.8 Å². The molecule has 0 bridgehead atoms. The molecule has 2 nitrogen and oxygen atoms in total. The quantitative estimate of drug-likeness (QED) is 0.717. The third-order valence-corrected chi connectivity index (χ3v) is 3.13. The molecule has 1 aromatic rings. The molecule has 1 aromatic carbocycles. The van der Waals surface area contributed by atoms with E-state index >= 15 is 0 Å². The van der Waals surface area contributed by atoms with Crippen LogP contribution in [0, 0.1) is 0 Å². The van der Waals surface area contributed by atoms with Crippen molar-refractivity contribution in [2.24, 2.45) is 5.73 Å². The van der Waals surface area contributed by atoms with Gasteiger partial charge in [-0.3, -0.25) is 0 Å². The summed E-state index contributed by atoms with van der Waals surface area (Å²) in [6.07, 6.45) is 5.52. The van der Waals surface area contributed by atoms with E-state index in [4.69, 9.17) is 22.1 Å². The second-order valence-electron chi connectivity index (χ2n) is 4.16. The van der Waals surface area contributed by atoms with Crippen molar-refractivity contribution < 1.29 is 4.74 Å². The zero-order chi connectivity index (χ0) is 12.5. The van der Waals surface area contributed by atoms with Crippen LogP contribution in [0.5, 0.6) is 5.75 Å². The maximum Gasteiger partial charge on any atom is 0.119 e. The van der Waals surface area contributed by atoms with Crippen molar-refractivity contribution in [2.45, 2.75) is 39.0 Å². The molecule has 3 heteroatoms. The van der Waals surface area contributed by atoms with E-state index in [0.29, 0.717) is 0 Å². The van der Waals surface area contributed by atoms with Gasteiger partial charge in [0.2, 0.25) is 0 Å². The Hall–Kier alpha value is -0.730. The van der Waals surface area contributed by atoms with Crippen LogP contribution in [0.3, 0.4) is 0 Å². The summed E-state index contributed by atoms with van der Waals surface area (Å²) in [6.45, 7) is 3.66. The summed E-state index contributed by atoms with van der Waals surface area (Å²) >= 11 is 6.05. The third-order valence-electron chi connectivity index (χ3n) is 2.77. The normalized spacial score (nSPS) is 10.5. The van der Waals surface area contributed by atoms with Gasteiger partial charge < -0.3 is 10.5 Å². The zero-order valence-corrected chi connectivity index (χ0v) is 11.3. The van der Waals surface area contributed by atoms with E-state index in [9.17, 15) is 0 Å². The van der Waals surface area contributed by atoms with Crippen LogP contribution in [0.1, 0.15) is 38.2 Å². The summed E-state index contributed by atoms with van der Waals surface area (Å²) in [6, 6.07) is 5.87. The Bertz CT molecular complexity index is 328. The SMILES string of the molecule is CCc1cc(OCCCCCCN)ccc1Cl. The lowest BCUT2D eigenvalue weighted by Gasteiger charge is -2.08. The third kappa shape index (κ3) is 5.42. The fourth-order valence-corrected chi connectivity index (χ4v) is 1.95. The van der Waals surface area contributed by atoms with Crippen molar-refractivity contribution in [1.29, 1.82) is 0 Å². The highest BCUT2D eigenvalue weighted by Crippen LogP contribution is 2.22. The number of ether oxygens (including phenoxy) is 1. The Labute approximate surface area is 109 Å². The minimum atomic E-state index is 0.773. The van der Waals surface area contributed by atoms with Gasteiger partial charge in [-0.15, -0.1) is 0 Å². The van der Waals surface area contributed by atoms with Crippen LogP contribution in [0.2, 0.25) is 5.02 Å². The van der Waals surface area contributed by atoms with Crippen molar-refractivity contribution in [1.82, 2.24) is 0 Å². The fourth-order valence-electron chi connectivity index (χ4n) is 1.70. The Kier molecular flexibility index (Phi) is 7.06. The van der Waals surface area contributed by atoms with Gasteiger partial charge in [0.05, 0.1) is 6.61 Å². The van der Waals surface area contributed by atoms with Crippen LogP contribution >= 0.6 is 11.6 Å². The standard InChI is InChI=1S/C14H22ClNO/c1-2-12-11-13(7-8-14(12)15)17-10-6-4-3-5-9-16/h7-8,11H,2-6,9-10,16H2,1H3. The van der Waals surface area contributed by atoms with Crippen molar-refractivity contribution in [3.63, 3.8) is 0 Å². The molecule has 0 unspecified atom stereocenters. The van der Waals surface area contributed by atoms with E-state index in [0.717, 1.165) is 48.7 Å². The van der Waals surface area contributed by atoms with Gasteiger partial charge >= 0.3 is 0 Å². The zero-order valence-electron chi connectivity index (χ0n) is 10.5. The Balaban J connectivity index is 2.27. The Morgan fingerprint density at radius 3 is 2.65 bits per heavy atom. The second-order valence-corrected chi connectivity index (χ2v) is 4.57. The van der Waals surface area contributed by atoms with Crippen LogP contribution in [0.4, 0.5) is 0 Å². The number of halogens is 1. The predicted molar refractivity (Wildman–Crippen MR) is 73.8 cm³/mol. The topological polar surface area (TPSA) is 35.2 Å². The molecule has 0 fully saturated rings. The largest absolute Gasteiger partial charge is 0.494 e. The average molecular weight is 256 g/mol. The van der Waals surface area contributed by atoms with Gasteiger partial charge in [-0.1, -0.05) is 31.4 Å². The van der Waals surface area contributed by atoms with Crippen LogP contribution in [-0.4, -0.2) is 13.2 Å².